The van der Waals surface area contributed by atoms with E-state index in [9.17, 15) is 10.2 Å². The summed E-state index contributed by atoms with van der Waals surface area (Å²) in [5.41, 5.74) is 5.84. The van der Waals surface area contributed by atoms with Crippen molar-refractivity contribution < 1.29 is 14.6 Å². The van der Waals surface area contributed by atoms with E-state index in [1.54, 1.807) is 24.3 Å². The number of rotatable bonds is 3. The normalized spacial score (nSPS) is 11.2. The van der Waals surface area contributed by atoms with Crippen molar-refractivity contribution in [3.8, 4) is 33.9 Å². The first kappa shape index (κ1) is 16.3. The maximum Gasteiger partial charge on any atom is 0.143 e. The van der Waals surface area contributed by atoms with E-state index in [-0.39, 0.29) is 11.5 Å². The highest BCUT2D eigenvalue weighted by atomic mass is 16.3. The maximum absolute atomic E-state index is 10.2. The quantitative estimate of drug-likeness (QED) is 0.476. The molecule has 0 saturated heterocycles. The van der Waals surface area contributed by atoms with Crippen LogP contribution < -0.4 is 0 Å². The van der Waals surface area contributed by atoms with Crippen molar-refractivity contribution in [1.82, 2.24) is 0 Å². The lowest BCUT2D eigenvalue weighted by molar-refractivity contribution is 0.474. The Hall–Kier alpha value is -3.20. The standard InChI is InChI=1S/C23H20O3/c1-3-15-6-4-5-7-19(15)21-20-13-18(25)12-14(2)22(20)26-23(21)16-8-10-17(24)11-9-16/h4-13,24-25H,3H2,1-2H3. The van der Waals surface area contributed by atoms with Crippen molar-refractivity contribution in [2.24, 2.45) is 0 Å². The molecule has 0 saturated carbocycles. The van der Waals surface area contributed by atoms with Gasteiger partial charge in [0.1, 0.15) is 22.8 Å². The first-order valence-corrected chi connectivity index (χ1v) is 8.72. The second kappa shape index (κ2) is 6.26. The third-order valence-electron chi connectivity index (χ3n) is 4.76. The van der Waals surface area contributed by atoms with Gasteiger partial charge in [-0.3, -0.25) is 0 Å². The predicted molar refractivity (Wildman–Crippen MR) is 105 cm³/mol. The number of hydrogen-bond acceptors (Lipinski definition) is 3. The van der Waals surface area contributed by atoms with Gasteiger partial charge in [0.15, 0.2) is 0 Å². The van der Waals surface area contributed by atoms with Crippen molar-refractivity contribution >= 4 is 11.0 Å². The summed E-state index contributed by atoms with van der Waals surface area (Å²) in [5, 5.41) is 20.7. The van der Waals surface area contributed by atoms with E-state index in [2.05, 4.69) is 19.1 Å². The van der Waals surface area contributed by atoms with Gasteiger partial charge in [0.2, 0.25) is 0 Å². The SMILES string of the molecule is CCc1ccccc1-c1c(-c2ccc(O)cc2)oc2c(C)cc(O)cc12. The lowest BCUT2D eigenvalue weighted by Crippen LogP contribution is -1.88. The Morgan fingerprint density at radius 2 is 1.62 bits per heavy atom. The average molecular weight is 344 g/mol. The molecule has 4 rings (SSSR count). The molecular weight excluding hydrogens is 324 g/mol. The van der Waals surface area contributed by atoms with Gasteiger partial charge < -0.3 is 14.6 Å². The maximum atomic E-state index is 10.2. The Labute approximate surface area is 152 Å². The van der Waals surface area contributed by atoms with Crippen LogP contribution in [0, 0.1) is 6.92 Å². The van der Waals surface area contributed by atoms with Crippen LogP contribution in [0.5, 0.6) is 11.5 Å². The smallest absolute Gasteiger partial charge is 0.143 e. The molecule has 3 nitrogen and oxygen atoms in total. The lowest BCUT2D eigenvalue weighted by Gasteiger charge is -2.09. The van der Waals surface area contributed by atoms with Crippen LogP contribution in [-0.4, -0.2) is 10.2 Å². The molecule has 0 aliphatic rings. The van der Waals surface area contributed by atoms with E-state index in [0.717, 1.165) is 45.4 Å². The molecule has 0 aliphatic heterocycles. The summed E-state index contributed by atoms with van der Waals surface area (Å²) >= 11 is 0. The van der Waals surface area contributed by atoms with E-state index in [0.29, 0.717) is 0 Å². The molecule has 0 unspecified atom stereocenters. The van der Waals surface area contributed by atoms with Gasteiger partial charge in [-0.15, -0.1) is 0 Å². The molecule has 0 amide bonds. The monoisotopic (exact) mass is 344 g/mol. The highest BCUT2D eigenvalue weighted by molar-refractivity contribution is 6.04. The largest absolute Gasteiger partial charge is 0.508 e. The van der Waals surface area contributed by atoms with Crippen LogP contribution in [0.3, 0.4) is 0 Å². The molecule has 0 fully saturated rings. The van der Waals surface area contributed by atoms with Gasteiger partial charge in [-0.05, 0) is 66.4 Å². The van der Waals surface area contributed by atoms with Gasteiger partial charge in [0, 0.05) is 16.5 Å². The molecule has 0 aliphatic carbocycles. The third-order valence-corrected chi connectivity index (χ3v) is 4.76. The van der Waals surface area contributed by atoms with Gasteiger partial charge in [-0.25, -0.2) is 0 Å². The van der Waals surface area contributed by atoms with Crippen LogP contribution in [0.2, 0.25) is 0 Å². The minimum atomic E-state index is 0.217. The van der Waals surface area contributed by atoms with Crippen LogP contribution in [0.25, 0.3) is 33.4 Å². The van der Waals surface area contributed by atoms with Crippen molar-refractivity contribution in [3.63, 3.8) is 0 Å². The van der Waals surface area contributed by atoms with Crippen LogP contribution in [0.4, 0.5) is 0 Å². The molecule has 0 spiro atoms. The van der Waals surface area contributed by atoms with Crippen LogP contribution in [-0.2, 0) is 6.42 Å². The fourth-order valence-corrected chi connectivity index (χ4v) is 3.51. The van der Waals surface area contributed by atoms with Gasteiger partial charge in [-0.2, -0.15) is 0 Å². The highest BCUT2D eigenvalue weighted by Crippen LogP contribution is 2.44. The zero-order chi connectivity index (χ0) is 18.3. The Kier molecular flexibility index (Phi) is 3.92. The Morgan fingerprint density at radius 3 is 2.35 bits per heavy atom. The van der Waals surface area contributed by atoms with Crippen LogP contribution >= 0.6 is 0 Å². The molecule has 26 heavy (non-hydrogen) atoms. The van der Waals surface area contributed by atoms with Crippen molar-refractivity contribution in [2.75, 3.05) is 0 Å². The summed E-state index contributed by atoms with van der Waals surface area (Å²) in [5.74, 6) is 1.19. The zero-order valence-corrected chi connectivity index (χ0v) is 14.8. The molecule has 1 heterocycles. The molecule has 0 atom stereocenters. The molecule has 3 aromatic carbocycles. The van der Waals surface area contributed by atoms with Gasteiger partial charge in [0.25, 0.3) is 0 Å². The first-order valence-electron chi connectivity index (χ1n) is 8.72. The Balaban J connectivity index is 2.11. The van der Waals surface area contributed by atoms with E-state index < -0.39 is 0 Å². The fraction of sp³-hybridized carbons (Fsp3) is 0.130. The van der Waals surface area contributed by atoms with Crippen LogP contribution in [0.15, 0.2) is 65.1 Å². The minimum absolute atomic E-state index is 0.217. The molecule has 0 radical (unpaired) electrons. The van der Waals surface area contributed by atoms with Gasteiger partial charge in [-0.1, -0.05) is 31.2 Å². The number of furan rings is 1. The fourth-order valence-electron chi connectivity index (χ4n) is 3.51. The van der Waals surface area contributed by atoms with E-state index >= 15 is 0 Å². The minimum Gasteiger partial charge on any atom is -0.508 e. The number of aryl methyl sites for hydroxylation is 2. The summed E-state index contributed by atoms with van der Waals surface area (Å²) in [7, 11) is 0. The van der Waals surface area contributed by atoms with Crippen LogP contribution in [0.1, 0.15) is 18.1 Å². The molecule has 4 aromatic rings. The lowest BCUT2D eigenvalue weighted by atomic mass is 9.93. The Bertz CT molecular complexity index is 1090. The second-order valence-corrected chi connectivity index (χ2v) is 6.50. The number of aromatic hydroxyl groups is 2. The van der Waals surface area contributed by atoms with E-state index in [1.165, 1.54) is 5.56 Å². The van der Waals surface area contributed by atoms with Gasteiger partial charge in [0.05, 0.1) is 0 Å². The molecule has 130 valence electrons. The number of benzene rings is 3. The summed E-state index contributed by atoms with van der Waals surface area (Å²) in [6, 6.07) is 18.7. The first-order chi connectivity index (χ1) is 12.6. The van der Waals surface area contributed by atoms with Crippen molar-refractivity contribution in [3.05, 3.63) is 71.8 Å². The predicted octanol–water partition coefficient (Wildman–Crippen LogP) is 6.05. The number of fused-ring (bicyclic) bond motifs is 1. The highest BCUT2D eigenvalue weighted by Gasteiger charge is 2.21. The molecule has 3 heteroatoms. The van der Waals surface area contributed by atoms with E-state index in [4.69, 9.17) is 4.42 Å². The molecular formula is C23H20O3. The topological polar surface area (TPSA) is 53.6 Å². The summed E-state index contributed by atoms with van der Waals surface area (Å²) in [6.45, 7) is 4.06. The zero-order valence-electron chi connectivity index (χ0n) is 14.8. The summed E-state index contributed by atoms with van der Waals surface area (Å²) in [6.07, 6.45) is 0.898. The molecule has 1 aromatic heterocycles. The Morgan fingerprint density at radius 1 is 0.885 bits per heavy atom. The number of phenolic OH excluding ortho intramolecular Hbond substituents is 2. The molecule has 2 N–H and O–H groups in total. The summed E-state index contributed by atoms with van der Waals surface area (Å²) < 4.78 is 6.27. The van der Waals surface area contributed by atoms with E-state index in [1.807, 2.05) is 31.2 Å². The summed E-state index contributed by atoms with van der Waals surface area (Å²) in [4.78, 5) is 0. The number of hydrogen-bond donors (Lipinski definition) is 2. The second-order valence-electron chi connectivity index (χ2n) is 6.50. The third kappa shape index (κ3) is 2.62. The van der Waals surface area contributed by atoms with Crippen molar-refractivity contribution in [1.29, 1.82) is 0 Å². The average Bonchev–Trinajstić information content (AvgIpc) is 3.01. The molecule has 0 bridgehead atoms. The van der Waals surface area contributed by atoms with Crippen molar-refractivity contribution in [2.45, 2.75) is 20.3 Å². The van der Waals surface area contributed by atoms with Gasteiger partial charge >= 0.3 is 0 Å². The number of phenols is 2.